The Hall–Kier alpha value is -1.33. The van der Waals surface area contributed by atoms with Crippen molar-refractivity contribution in [2.75, 3.05) is 5.73 Å². The van der Waals surface area contributed by atoms with Crippen molar-refractivity contribution in [3.8, 4) is 0 Å². The van der Waals surface area contributed by atoms with Crippen molar-refractivity contribution in [1.29, 1.82) is 0 Å². The molecule has 2 aromatic rings. The van der Waals surface area contributed by atoms with Crippen molar-refractivity contribution < 1.29 is 4.79 Å². The average Bonchev–Trinajstić information content (AvgIpc) is 2.38. The van der Waals surface area contributed by atoms with E-state index in [9.17, 15) is 4.79 Å². The third-order valence-corrected chi connectivity index (χ3v) is 3.94. The summed E-state index contributed by atoms with van der Waals surface area (Å²) < 4.78 is 1.84. The number of rotatable bonds is 3. The lowest BCUT2D eigenvalue weighted by molar-refractivity contribution is 0.0941. The Morgan fingerprint density at radius 2 is 1.85 bits per heavy atom. The fourth-order valence-electron chi connectivity index (χ4n) is 1.87. The number of carbonyl (C=O) groups is 1. The van der Waals surface area contributed by atoms with Crippen LogP contribution in [0.3, 0.4) is 0 Å². The number of hydrogen-bond acceptors (Lipinski definition) is 2. The number of amides is 1. The van der Waals surface area contributed by atoms with Gasteiger partial charge >= 0.3 is 0 Å². The summed E-state index contributed by atoms with van der Waals surface area (Å²) in [6, 6.07) is 13.0. The first-order valence-electron chi connectivity index (χ1n) is 6.08. The molecule has 0 aromatic heterocycles. The largest absolute Gasteiger partial charge is 0.398 e. The molecule has 0 aliphatic carbocycles. The number of nitrogens with one attached hydrogen (secondary N) is 1. The summed E-state index contributed by atoms with van der Waals surface area (Å²) in [4.78, 5) is 12.2. The van der Waals surface area contributed by atoms with E-state index in [1.54, 1.807) is 18.2 Å². The van der Waals surface area contributed by atoms with Crippen molar-refractivity contribution in [3.05, 3.63) is 62.5 Å². The van der Waals surface area contributed by atoms with E-state index in [0.717, 1.165) is 14.5 Å². The molecule has 2 aromatic carbocycles. The number of hydrogen-bond donors (Lipinski definition) is 2. The molecule has 2 rings (SSSR count). The second kappa shape index (κ2) is 6.41. The molecule has 1 atom stereocenters. The number of nitrogen functional groups attached to an aromatic ring is 1. The van der Waals surface area contributed by atoms with Gasteiger partial charge in [0, 0.05) is 14.6 Å². The quantitative estimate of drug-likeness (QED) is 0.759. The molecule has 104 valence electrons. The third-order valence-electron chi connectivity index (χ3n) is 2.95. The molecule has 0 unspecified atom stereocenters. The van der Waals surface area contributed by atoms with Crippen LogP contribution in [0.15, 0.2) is 51.4 Å². The fraction of sp³-hybridized carbons (Fsp3) is 0.133. The van der Waals surface area contributed by atoms with Crippen molar-refractivity contribution in [3.63, 3.8) is 0 Å². The molecule has 0 bridgehead atoms. The van der Waals surface area contributed by atoms with Crippen LogP contribution in [0.2, 0.25) is 0 Å². The second-order valence-corrected chi connectivity index (χ2v) is 6.31. The summed E-state index contributed by atoms with van der Waals surface area (Å²) in [7, 11) is 0. The molecule has 20 heavy (non-hydrogen) atoms. The van der Waals surface area contributed by atoms with Crippen molar-refractivity contribution in [1.82, 2.24) is 5.32 Å². The van der Waals surface area contributed by atoms with Crippen LogP contribution in [0.25, 0.3) is 0 Å². The van der Waals surface area contributed by atoms with Crippen molar-refractivity contribution in [2.45, 2.75) is 13.0 Å². The van der Waals surface area contributed by atoms with E-state index < -0.39 is 0 Å². The summed E-state index contributed by atoms with van der Waals surface area (Å²) in [6.45, 7) is 1.94. The van der Waals surface area contributed by atoms with Crippen LogP contribution in [0.1, 0.15) is 28.9 Å². The van der Waals surface area contributed by atoms with Gasteiger partial charge in [-0.3, -0.25) is 4.79 Å². The fourth-order valence-corrected chi connectivity index (χ4v) is 2.67. The van der Waals surface area contributed by atoms with Gasteiger partial charge in [0.15, 0.2) is 0 Å². The number of benzene rings is 2. The molecule has 0 aliphatic heterocycles. The molecule has 0 radical (unpaired) electrons. The van der Waals surface area contributed by atoms with E-state index >= 15 is 0 Å². The first-order chi connectivity index (χ1) is 9.47. The average molecular weight is 398 g/mol. The van der Waals surface area contributed by atoms with Gasteiger partial charge in [0.2, 0.25) is 0 Å². The zero-order chi connectivity index (χ0) is 14.7. The zero-order valence-corrected chi connectivity index (χ0v) is 14.0. The maximum atomic E-state index is 12.2. The van der Waals surface area contributed by atoms with Gasteiger partial charge in [-0.2, -0.15) is 0 Å². The molecular formula is C15H14Br2N2O. The molecule has 0 spiro atoms. The Kier molecular flexibility index (Phi) is 4.83. The number of anilines is 1. The highest BCUT2D eigenvalue weighted by Gasteiger charge is 2.14. The molecule has 3 N–H and O–H groups in total. The van der Waals surface area contributed by atoms with Gasteiger partial charge in [0.1, 0.15) is 0 Å². The van der Waals surface area contributed by atoms with Crippen LogP contribution >= 0.6 is 31.9 Å². The van der Waals surface area contributed by atoms with E-state index in [4.69, 9.17) is 5.73 Å². The molecule has 0 heterocycles. The molecule has 0 aliphatic rings. The normalized spacial score (nSPS) is 11.9. The van der Waals surface area contributed by atoms with Gasteiger partial charge in [-0.15, -0.1) is 0 Å². The minimum atomic E-state index is -0.178. The zero-order valence-electron chi connectivity index (χ0n) is 10.9. The number of halogens is 2. The first kappa shape index (κ1) is 15.1. The van der Waals surface area contributed by atoms with Gasteiger partial charge in [-0.05, 0) is 42.8 Å². The summed E-state index contributed by atoms with van der Waals surface area (Å²) >= 11 is 6.75. The van der Waals surface area contributed by atoms with Crippen LogP contribution in [0.5, 0.6) is 0 Å². The van der Waals surface area contributed by atoms with E-state index in [1.165, 1.54) is 0 Å². The van der Waals surface area contributed by atoms with E-state index in [2.05, 4.69) is 37.2 Å². The summed E-state index contributed by atoms with van der Waals surface area (Å²) in [5.74, 6) is -0.178. The second-order valence-electron chi connectivity index (χ2n) is 4.48. The van der Waals surface area contributed by atoms with Crippen LogP contribution in [-0.2, 0) is 0 Å². The van der Waals surface area contributed by atoms with E-state index in [0.29, 0.717) is 11.3 Å². The highest BCUT2D eigenvalue weighted by Crippen LogP contribution is 2.21. The van der Waals surface area contributed by atoms with Gasteiger partial charge in [0.05, 0.1) is 11.6 Å². The summed E-state index contributed by atoms with van der Waals surface area (Å²) in [5.41, 5.74) is 7.83. The Balaban J connectivity index is 2.15. The van der Waals surface area contributed by atoms with E-state index in [-0.39, 0.29) is 11.9 Å². The molecule has 3 nitrogen and oxygen atoms in total. The Morgan fingerprint density at radius 1 is 1.15 bits per heavy atom. The maximum Gasteiger partial charge on any atom is 0.253 e. The smallest absolute Gasteiger partial charge is 0.253 e. The Morgan fingerprint density at radius 3 is 2.50 bits per heavy atom. The lowest BCUT2D eigenvalue weighted by atomic mass is 10.1. The predicted octanol–water partition coefficient (Wildman–Crippen LogP) is 4.28. The topological polar surface area (TPSA) is 55.1 Å². The van der Waals surface area contributed by atoms with Crippen molar-refractivity contribution >= 4 is 43.5 Å². The molecule has 1 amide bonds. The van der Waals surface area contributed by atoms with Crippen LogP contribution in [-0.4, -0.2) is 5.91 Å². The lowest BCUT2D eigenvalue weighted by Crippen LogP contribution is -2.27. The highest BCUT2D eigenvalue weighted by molar-refractivity contribution is 9.10. The van der Waals surface area contributed by atoms with E-state index in [1.807, 2.05) is 31.2 Å². The van der Waals surface area contributed by atoms with Gasteiger partial charge in [0.25, 0.3) is 5.91 Å². The van der Waals surface area contributed by atoms with Crippen molar-refractivity contribution in [2.24, 2.45) is 0 Å². The Bertz CT molecular complexity index is 644. The Labute approximate surface area is 134 Å². The molecule has 0 fully saturated rings. The highest BCUT2D eigenvalue weighted by atomic mass is 79.9. The standard InChI is InChI=1S/C15H14Br2N2O/c1-9(10-3-2-4-11(16)7-10)19-15(20)13-6-5-12(17)8-14(13)18/h2-9H,18H2,1H3,(H,19,20)/t9-/m0/s1. The van der Waals surface area contributed by atoms with Gasteiger partial charge < -0.3 is 11.1 Å². The summed E-state index contributed by atoms with van der Waals surface area (Å²) in [5, 5.41) is 2.94. The minimum absolute atomic E-state index is 0.0944. The number of carbonyl (C=O) groups excluding carboxylic acids is 1. The monoisotopic (exact) mass is 396 g/mol. The third kappa shape index (κ3) is 3.61. The molecule has 0 saturated heterocycles. The van der Waals surface area contributed by atoms with Gasteiger partial charge in [-0.1, -0.05) is 44.0 Å². The van der Waals surface area contributed by atoms with Crippen LogP contribution < -0.4 is 11.1 Å². The maximum absolute atomic E-state index is 12.2. The predicted molar refractivity (Wildman–Crippen MR) is 88.6 cm³/mol. The van der Waals surface area contributed by atoms with Crippen LogP contribution in [0, 0.1) is 0 Å². The minimum Gasteiger partial charge on any atom is -0.398 e. The molecule has 5 heteroatoms. The number of nitrogens with two attached hydrogens (primary N) is 1. The van der Waals surface area contributed by atoms with Crippen LogP contribution in [0.4, 0.5) is 5.69 Å². The SMILES string of the molecule is C[C@H](NC(=O)c1ccc(Br)cc1N)c1cccc(Br)c1. The first-order valence-corrected chi connectivity index (χ1v) is 7.67. The molecular weight excluding hydrogens is 384 g/mol. The lowest BCUT2D eigenvalue weighted by Gasteiger charge is -2.15. The van der Waals surface area contributed by atoms with Gasteiger partial charge in [-0.25, -0.2) is 0 Å². The summed E-state index contributed by atoms with van der Waals surface area (Å²) in [6.07, 6.45) is 0. The molecule has 0 saturated carbocycles.